The molecule has 0 radical (unpaired) electrons. The van der Waals surface area contributed by atoms with E-state index in [2.05, 4.69) is 0 Å². The van der Waals surface area contributed by atoms with Crippen molar-refractivity contribution in [1.29, 1.82) is 0 Å². The quantitative estimate of drug-likeness (QED) is 0.622. The second kappa shape index (κ2) is 4.22. The third kappa shape index (κ3) is 1.62. The minimum absolute atomic E-state index is 0.0931. The minimum Gasteiger partial charge on any atom is -0.337 e. The number of carbonyl (C=O) groups excluding carboxylic acids is 1. The average Bonchev–Trinajstić information content (AvgIpc) is 2.50. The fraction of sp³-hybridized carbons (Fsp3) is 0.364. The fourth-order valence-electron chi connectivity index (χ4n) is 1.43. The summed E-state index contributed by atoms with van der Waals surface area (Å²) in [7, 11) is 1.67. The number of hydrogen-bond donors (Lipinski definition) is 0. The van der Waals surface area contributed by atoms with Gasteiger partial charge >= 0.3 is 0 Å². The molecule has 0 spiro atoms. The molecule has 0 aromatic heterocycles. The largest absolute Gasteiger partial charge is 0.337 e. The van der Waals surface area contributed by atoms with Gasteiger partial charge in [-0.2, -0.15) is 0 Å². The number of benzene rings is 1. The minimum atomic E-state index is -0.287. The van der Waals surface area contributed by atoms with Gasteiger partial charge in [0.2, 0.25) is 0 Å². The van der Waals surface area contributed by atoms with Crippen LogP contribution in [0.2, 0.25) is 0 Å². The van der Waals surface area contributed by atoms with Crippen molar-refractivity contribution in [2.75, 3.05) is 7.05 Å². The summed E-state index contributed by atoms with van der Waals surface area (Å²) in [6.07, 6.45) is 0. The van der Waals surface area contributed by atoms with E-state index in [9.17, 15) is 9.18 Å². The lowest BCUT2D eigenvalue weighted by atomic mass is 10.1. The molecule has 2 rings (SSSR count). The molecule has 1 amide bonds. The van der Waals surface area contributed by atoms with Gasteiger partial charge in [0.1, 0.15) is 5.82 Å². The van der Waals surface area contributed by atoms with Crippen LogP contribution in [-0.2, 0) is 6.54 Å². The SMILES string of the molecule is CC.CN1Cc2c(F)cccc2C1=O. The molecule has 1 aliphatic rings. The lowest BCUT2D eigenvalue weighted by Crippen LogP contribution is -2.17. The van der Waals surface area contributed by atoms with E-state index < -0.39 is 0 Å². The van der Waals surface area contributed by atoms with Crippen LogP contribution >= 0.6 is 0 Å². The number of nitrogens with zero attached hydrogens (tertiary/aromatic N) is 1. The molecule has 0 aliphatic carbocycles. The Kier molecular flexibility index (Phi) is 3.23. The lowest BCUT2D eigenvalue weighted by molar-refractivity contribution is 0.0816. The molecular formula is C11H14FNO. The van der Waals surface area contributed by atoms with Crippen molar-refractivity contribution >= 4 is 5.91 Å². The Morgan fingerprint density at radius 2 is 2.00 bits per heavy atom. The summed E-state index contributed by atoms with van der Waals surface area (Å²) < 4.78 is 13.1. The maximum atomic E-state index is 13.1. The first-order valence-electron chi connectivity index (χ1n) is 4.73. The molecular weight excluding hydrogens is 181 g/mol. The Morgan fingerprint density at radius 1 is 1.36 bits per heavy atom. The molecule has 14 heavy (non-hydrogen) atoms. The first kappa shape index (κ1) is 10.7. The summed E-state index contributed by atoms with van der Waals surface area (Å²) in [6.45, 7) is 4.39. The zero-order valence-electron chi connectivity index (χ0n) is 8.67. The van der Waals surface area contributed by atoms with Gasteiger partial charge < -0.3 is 4.90 Å². The monoisotopic (exact) mass is 195 g/mol. The molecule has 2 nitrogen and oxygen atoms in total. The Morgan fingerprint density at radius 3 is 2.57 bits per heavy atom. The second-order valence-corrected chi connectivity index (χ2v) is 2.93. The number of halogens is 1. The molecule has 0 fully saturated rings. The van der Waals surface area contributed by atoms with Crippen LogP contribution < -0.4 is 0 Å². The molecule has 0 N–H and O–H groups in total. The molecule has 76 valence electrons. The number of amides is 1. The first-order chi connectivity index (χ1) is 6.70. The van der Waals surface area contributed by atoms with Crippen LogP contribution in [0.15, 0.2) is 18.2 Å². The molecule has 0 saturated heterocycles. The molecule has 0 atom stereocenters. The summed E-state index contributed by atoms with van der Waals surface area (Å²) in [4.78, 5) is 12.8. The van der Waals surface area contributed by atoms with Crippen LogP contribution in [0.25, 0.3) is 0 Å². The van der Waals surface area contributed by atoms with Crippen molar-refractivity contribution in [3.05, 3.63) is 35.1 Å². The highest BCUT2D eigenvalue weighted by Crippen LogP contribution is 2.23. The highest BCUT2D eigenvalue weighted by molar-refractivity contribution is 5.98. The zero-order valence-corrected chi connectivity index (χ0v) is 8.67. The van der Waals surface area contributed by atoms with Crippen molar-refractivity contribution in [2.45, 2.75) is 20.4 Å². The highest BCUT2D eigenvalue weighted by Gasteiger charge is 2.26. The normalized spacial score (nSPS) is 13.4. The van der Waals surface area contributed by atoms with Gasteiger partial charge in [0, 0.05) is 24.7 Å². The van der Waals surface area contributed by atoms with Gasteiger partial charge in [0.25, 0.3) is 5.91 Å². The molecule has 1 heterocycles. The van der Waals surface area contributed by atoms with E-state index >= 15 is 0 Å². The third-order valence-electron chi connectivity index (χ3n) is 2.09. The number of hydrogen-bond acceptors (Lipinski definition) is 1. The summed E-state index contributed by atoms with van der Waals surface area (Å²) in [5.74, 6) is -0.380. The number of rotatable bonds is 0. The fourth-order valence-corrected chi connectivity index (χ4v) is 1.43. The van der Waals surface area contributed by atoms with Crippen LogP contribution in [0.5, 0.6) is 0 Å². The van der Waals surface area contributed by atoms with Crippen LogP contribution in [0, 0.1) is 5.82 Å². The Labute approximate surface area is 83.3 Å². The van der Waals surface area contributed by atoms with Crippen LogP contribution in [0.3, 0.4) is 0 Å². The van der Waals surface area contributed by atoms with Crippen LogP contribution in [0.4, 0.5) is 4.39 Å². The number of fused-ring (bicyclic) bond motifs is 1. The van der Waals surface area contributed by atoms with Gasteiger partial charge in [0.05, 0.1) is 0 Å². The summed E-state index contributed by atoms with van der Waals surface area (Å²) >= 11 is 0. The van der Waals surface area contributed by atoms with Crippen molar-refractivity contribution in [3.8, 4) is 0 Å². The smallest absolute Gasteiger partial charge is 0.254 e. The van der Waals surface area contributed by atoms with Gasteiger partial charge in [-0.15, -0.1) is 0 Å². The average molecular weight is 195 g/mol. The van der Waals surface area contributed by atoms with E-state index in [1.165, 1.54) is 11.0 Å². The molecule has 1 aliphatic heterocycles. The highest BCUT2D eigenvalue weighted by atomic mass is 19.1. The van der Waals surface area contributed by atoms with Gasteiger partial charge in [-0.05, 0) is 12.1 Å². The predicted molar refractivity (Wildman–Crippen MR) is 53.5 cm³/mol. The van der Waals surface area contributed by atoms with Crippen molar-refractivity contribution in [1.82, 2.24) is 4.90 Å². The predicted octanol–water partition coefficient (Wildman–Crippen LogP) is 2.44. The molecule has 3 heteroatoms. The molecule has 0 unspecified atom stereocenters. The lowest BCUT2D eigenvalue weighted by Gasteiger charge is -2.04. The van der Waals surface area contributed by atoms with Crippen LogP contribution in [0.1, 0.15) is 29.8 Å². The first-order valence-corrected chi connectivity index (χ1v) is 4.73. The third-order valence-corrected chi connectivity index (χ3v) is 2.09. The molecule has 1 aromatic carbocycles. The van der Waals surface area contributed by atoms with E-state index in [1.807, 2.05) is 13.8 Å². The van der Waals surface area contributed by atoms with Gasteiger partial charge in [-0.25, -0.2) is 4.39 Å². The number of carbonyl (C=O) groups is 1. The van der Waals surface area contributed by atoms with E-state index in [1.54, 1.807) is 19.2 Å². The summed E-state index contributed by atoms with van der Waals surface area (Å²) in [6, 6.07) is 4.60. The van der Waals surface area contributed by atoms with Crippen molar-refractivity contribution in [2.24, 2.45) is 0 Å². The van der Waals surface area contributed by atoms with Gasteiger partial charge in [-0.3, -0.25) is 4.79 Å². The van der Waals surface area contributed by atoms with E-state index in [0.29, 0.717) is 17.7 Å². The zero-order chi connectivity index (χ0) is 10.7. The maximum absolute atomic E-state index is 13.1. The van der Waals surface area contributed by atoms with Crippen LogP contribution in [-0.4, -0.2) is 17.9 Å². The Hall–Kier alpha value is -1.38. The van der Waals surface area contributed by atoms with Crippen molar-refractivity contribution in [3.63, 3.8) is 0 Å². The van der Waals surface area contributed by atoms with Gasteiger partial charge in [0.15, 0.2) is 0 Å². The summed E-state index contributed by atoms with van der Waals surface area (Å²) in [5, 5.41) is 0. The van der Waals surface area contributed by atoms with E-state index in [-0.39, 0.29) is 11.7 Å². The maximum Gasteiger partial charge on any atom is 0.254 e. The molecule has 1 aromatic rings. The van der Waals surface area contributed by atoms with E-state index in [4.69, 9.17) is 0 Å². The molecule has 0 bridgehead atoms. The van der Waals surface area contributed by atoms with E-state index in [0.717, 1.165) is 0 Å². The standard InChI is InChI=1S/C9H8FNO.C2H6/c1-11-5-7-6(9(11)12)3-2-4-8(7)10;1-2/h2-4H,5H2,1H3;1-2H3. The van der Waals surface area contributed by atoms with Gasteiger partial charge in [-0.1, -0.05) is 19.9 Å². The Bertz CT molecular complexity index is 349. The topological polar surface area (TPSA) is 20.3 Å². The second-order valence-electron chi connectivity index (χ2n) is 2.93. The summed E-state index contributed by atoms with van der Waals surface area (Å²) in [5.41, 5.74) is 1.02. The molecule has 0 saturated carbocycles. The van der Waals surface area contributed by atoms with Crippen molar-refractivity contribution < 1.29 is 9.18 Å². The Balaban J connectivity index is 0.000000461.